The number of alkyl halides is 3. The molecule has 3 amide bonds. The highest BCUT2D eigenvalue weighted by molar-refractivity contribution is 5.98. The molecule has 1 aliphatic rings. The molecule has 53 heavy (non-hydrogen) atoms. The average Bonchev–Trinajstić information content (AvgIpc) is 3.09. The van der Waals surface area contributed by atoms with E-state index in [-0.39, 0.29) is 79.2 Å². The van der Waals surface area contributed by atoms with Crippen molar-refractivity contribution in [2.24, 2.45) is 5.92 Å². The summed E-state index contributed by atoms with van der Waals surface area (Å²) in [6, 6.07) is 8.53. The van der Waals surface area contributed by atoms with E-state index in [9.17, 15) is 56.1 Å². The molecule has 2 heterocycles. The predicted octanol–water partition coefficient (Wildman–Crippen LogP) is 3.78. The Hall–Kier alpha value is -6.08. The summed E-state index contributed by atoms with van der Waals surface area (Å²) >= 11 is 0. The largest absolute Gasteiger partial charge is 0.490 e. The predicted molar refractivity (Wildman–Crippen MR) is 171 cm³/mol. The number of hydrogen-bond donors (Lipinski definition) is 4. The average molecular weight is 757 g/mol. The third kappa shape index (κ3) is 11.0. The van der Waals surface area contributed by atoms with E-state index in [0.717, 1.165) is 18.2 Å². The van der Waals surface area contributed by atoms with Gasteiger partial charge in [-0.2, -0.15) is 13.2 Å². The van der Waals surface area contributed by atoms with Gasteiger partial charge in [-0.1, -0.05) is 18.2 Å². The van der Waals surface area contributed by atoms with Gasteiger partial charge in [-0.15, -0.1) is 0 Å². The van der Waals surface area contributed by atoms with Crippen molar-refractivity contribution in [1.29, 1.82) is 0 Å². The lowest BCUT2D eigenvalue weighted by Gasteiger charge is -2.35. The van der Waals surface area contributed by atoms with Crippen LogP contribution in [0.5, 0.6) is 5.75 Å². The fraction of sp³-hybridized carbons (Fsp3) is 0.364. The third-order valence-electron chi connectivity index (χ3n) is 7.62. The molecule has 1 fully saturated rings. The molecular weight excluding hydrogens is 723 g/mol. The van der Waals surface area contributed by atoms with Crippen LogP contribution in [0.4, 0.5) is 26.7 Å². The lowest BCUT2D eigenvalue weighted by atomic mass is 10.0. The molecule has 1 aliphatic heterocycles. The highest BCUT2D eigenvalue weighted by Crippen LogP contribution is 2.32. The number of nitrogens with zero attached hydrogens (tertiary/aromatic N) is 3. The first kappa shape index (κ1) is 41.3. The number of carboxylic acid groups (broad SMARTS) is 3. The number of benzene rings is 2. The maximum atomic E-state index is 14.5. The van der Waals surface area contributed by atoms with Crippen molar-refractivity contribution in [3.8, 4) is 5.75 Å². The zero-order chi connectivity index (χ0) is 39.6. The van der Waals surface area contributed by atoms with E-state index in [1.54, 1.807) is 6.92 Å². The molecule has 0 aliphatic carbocycles. The monoisotopic (exact) mass is 756 g/mol. The van der Waals surface area contributed by atoms with E-state index in [0.29, 0.717) is 0 Å². The van der Waals surface area contributed by atoms with E-state index in [4.69, 9.17) is 19.4 Å². The molecule has 3 aromatic rings. The maximum Gasteiger partial charge on any atom is 0.490 e. The molecule has 20 heteroatoms. The minimum Gasteiger partial charge on any atom is -0.481 e. The fourth-order valence-electron chi connectivity index (χ4n) is 4.91. The number of carbonyl (C=O) groups is 6. The normalized spacial score (nSPS) is 13.9. The molecule has 15 nitrogen and oxygen atoms in total. The summed E-state index contributed by atoms with van der Waals surface area (Å²) in [7, 11) is 0. The third-order valence-corrected chi connectivity index (χ3v) is 7.62. The Kier molecular flexibility index (Phi) is 14.0. The quantitative estimate of drug-likeness (QED) is 0.163. The van der Waals surface area contributed by atoms with Crippen LogP contribution in [-0.4, -0.2) is 111 Å². The number of rotatable bonds is 11. The molecule has 1 saturated heterocycles. The molecule has 4 rings (SSSR count). The van der Waals surface area contributed by atoms with Gasteiger partial charge in [0.2, 0.25) is 12.0 Å². The van der Waals surface area contributed by atoms with Crippen LogP contribution in [0.1, 0.15) is 41.1 Å². The van der Waals surface area contributed by atoms with Crippen molar-refractivity contribution >= 4 is 46.7 Å². The number of amides is 3. The van der Waals surface area contributed by atoms with Crippen molar-refractivity contribution in [3.05, 3.63) is 70.9 Å². The SMILES string of the molecule is CCOC(=O)N1CCN(C(=O)C(CCNC(=O)c2cc(OC(C(=O)O)c3ccccc3F)c3cc(F)c(C)cc3n2)C(=O)O)CC1.O=C(O)C(F)(F)F. The summed E-state index contributed by atoms with van der Waals surface area (Å²) in [6.07, 6.45) is -7.73. The van der Waals surface area contributed by atoms with Gasteiger partial charge in [0.1, 0.15) is 29.0 Å². The molecule has 2 atom stereocenters. The number of pyridine rings is 1. The fourth-order valence-corrected chi connectivity index (χ4v) is 4.91. The van der Waals surface area contributed by atoms with Crippen LogP contribution in [0.3, 0.4) is 0 Å². The van der Waals surface area contributed by atoms with Crippen LogP contribution in [0.25, 0.3) is 10.9 Å². The van der Waals surface area contributed by atoms with Crippen LogP contribution in [0.15, 0.2) is 42.5 Å². The minimum absolute atomic E-state index is 0.0295. The number of hydrogen-bond acceptors (Lipinski definition) is 9. The number of ether oxygens (including phenoxy) is 2. The van der Waals surface area contributed by atoms with E-state index in [1.807, 2.05) is 0 Å². The Morgan fingerprint density at radius 1 is 0.906 bits per heavy atom. The Bertz CT molecular complexity index is 1870. The summed E-state index contributed by atoms with van der Waals surface area (Å²) in [5.41, 5.74) is -0.317. The number of aromatic nitrogens is 1. The molecule has 0 radical (unpaired) electrons. The van der Waals surface area contributed by atoms with Gasteiger partial charge in [-0.05, 0) is 44.0 Å². The van der Waals surface area contributed by atoms with E-state index < -0.39 is 65.6 Å². The van der Waals surface area contributed by atoms with Crippen molar-refractivity contribution in [1.82, 2.24) is 20.1 Å². The number of carboxylic acids is 3. The molecular formula is C33H33F5N4O11. The molecule has 286 valence electrons. The molecule has 0 spiro atoms. The molecule has 4 N–H and O–H groups in total. The van der Waals surface area contributed by atoms with Crippen molar-refractivity contribution < 1.29 is 75.5 Å². The van der Waals surface area contributed by atoms with Gasteiger partial charge >= 0.3 is 30.2 Å². The molecule has 2 unspecified atom stereocenters. The lowest BCUT2D eigenvalue weighted by molar-refractivity contribution is -0.192. The van der Waals surface area contributed by atoms with Crippen LogP contribution in [0.2, 0.25) is 0 Å². The second kappa shape index (κ2) is 17.9. The molecule has 1 aromatic heterocycles. The standard InChI is InChI=1S/C31H32F2N4O9.C2HF3O2/c1-3-45-31(44)37-12-10-36(11-13-37)28(39)19(29(40)41)8-9-34-27(38)24-16-25(20-15-22(33)17(2)14-23(20)35-24)46-26(30(42)43)18-6-4-5-7-21(18)32;3-2(4,5)1(6)7/h4-7,14-16,19,26H,3,8-13H2,1-2H3,(H,34,38)(H,40,41)(H,42,43);(H,6,7). The Labute approximate surface area is 296 Å². The van der Waals surface area contributed by atoms with E-state index >= 15 is 0 Å². The Morgan fingerprint density at radius 3 is 2.06 bits per heavy atom. The number of fused-ring (bicyclic) bond motifs is 1. The second-order valence-corrected chi connectivity index (χ2v) is 11.2. The molecule has 2 aromatic carbocycles. The minimum atomic E-state index is -5.08. The highest BCUT2D eigenvalue weighted by atomic mass is 19.4. The Morgan fingerprint density at radius 2 is 1.51 bits per heavy atom. The zero-order valence-electron chi connectivity index (χ0n) is 28.0. The Balaban J connectivity index is 0.000000980. The van der Waals surface area contributed by atoms with Crippen molar-refractivity contribution in [3.63, 3.8) is 0 Å². The summed E-state index contributed by atoms with van der Waals surface area (Å²) in [6.45, 7) is 3.65. The highest BCUT2D eigenvalue weighted by Gasteiger charge is 2.38. The zero-order valence-corrected chi connectivity index (χ0v) is 28.0. The molecule has 0 bridgehead atoms. The second-order valence-electron chi connectivity index (χ2n) is 11.2. The first-order valence-corrected chi connectivity index (χ1v) is 15.6. The van der Waals surface area contributed by atoms with Crippen LogP contribution >= 0.6 is 0 Å². The summed E-state index contributed by atoms with van der Waals surface area (Å²) in [5, 5.41) is 29.2. The van der Waals surface area contributed by atoms with E-state index in [2.05, 4.69) is 10.3 Å². The van der Waals surface area contributed by atoms with Gasteiger partial charge in [0.15, 0.2) is 0 Å². The number of nitrogens with one attached hydrogen (secondary N) is 1. The summed E-state index contributed by atoms with van der Waals surface area (Å²) < 4.78 is 71.4. The van der Waals surface area contributed by atoms with Gasteiger partial charge < -0.3 is 39.9 Å². The molecule has 0 saturated carbocycles. The van der Waals surface area contributed by atoms with Gasteiger partial charge in [0.05, 0.1) is 12.1 Å². The van der Waals surface area contributed by atoms with Crippen LogP contribution < -0.4 is 10.1 Å². The number of halogens is 5. The van der Waals surface area contributed by atoms with Gasteiger partial charge in [-0.25, -0.2) is 28.1 Å². The first-order valence-electron chi connectivity index (χ1n) is 15.6. The first-order chi connectivity index (χ1) is 24.8. The van der Waals surface area contributed by atoms with Gasteiger partial charge in [-0.3, -0.25) is 14.4 Å². The van der Waals surface area contributed by atoms with Crippen LogP contribution in [0, 0.1) is 24.5 Å². The van der Waals surface area contributed by atoms with Gasteiger partial charge in [0, 0.05) is 49.7 Å². The number of piperazine rings is 1. The number of aryl methyl sites for hydroxylation is 1. The van der Waals surface area contributed by atoms with Gasteiger partial charge in [0.25, 0.3) is 5.91 Å². The topological polar surface area (TPSA) is 213 Å². The van der Waals surface area contributed by atoms with E-state index in [1.165, 1.54) is 41.0 Å². The van der Waals surface area contributed by atoms with Crippen molar-refractivity contribution in [2.45, 2.75) is 32.5 Å². The maximum absolute atomic E-state index is 14.5. The lowest BCUT2D eigenvalue weighted by Crippen LogP contribution is -2.53. The number of carbonyl (C=O) groups excluding carboxylic acids is 3. The van der Waals surface area contributed by atoms with Crippen molar-refractivity contribution in [2.75, 3.05) is 39.3 Å². The summed E-state index contributed by atoms with van der Waals surface area (Å²) in [4.78, 5) is 78.0. The smallest absolute Gasteiger partial charge is 0.481 e. The number of aliphatic carboxylic acids is 3. The van der Waals surface area contributed by atoms with Crippen LogP contribution in [-0.2, 0) is 23.9 Å². The summed E-state index contributed by atoms with van der Waals surface area (Å²) in [5.74, 6) is -10.4.